The quantitative estimate of drug-likeness (QED) is 0.660. The minimum Gasteiger partial charge on any atom is -0.397 e. The van der Waals surface area contributed by atoms with Crippen molar-refractivity contribution in [3.63, 3.8) is 0 Å². The van der Waals surface area contributed by atoms with Gasteiger partial charge >= 0.3 is 0 Å². The van der Waals surface area contributed by atoms with Crippen LogP contribution in [0, 0.1) is 12.7 Å². The third-order valence-corrected chi connectivity index (χ3v) is 4.66. The van der Waals surface area contributed by atoms with E-state index < -0.39 is 11.7 Å². The number of amides is 1. The molecule has 3 aromatic rings. The SMILES string of the molecule is Cc1cc(=O)[nH]c2sc(C(=O)Nc3ccc(Cl)cc3F)c(N)c12. The fraction of sp³-hybridized carbons (Fsp3) is 0.0667. The van der Waals surface area contributed by atoms with Gasteiger partial charge in [-0.05, 0) is 30.7 Å². The summed E-state index contributed by atoms with van der Waals surface area (Å²) in [5.41, 5.74) is 6.68. The number of carbonyl (C=O) groups excluding carboxylic acids is 1. The zero-order valence-corrected chi connectivity index (χ0v) is 13.4. The minimum absolute atomic E-state index is 0.00136. The maximum Gasteiger partial charge on any atom is 0.268 e. The van der Waals surface area contributed by atoms with E-state index in [1.54, 1.807) is 6.92 Å². The number of hydrogen-bond donors (Lipinski definition) is 3. The molecule has 118 valence electrons. The molecule has 1 aromatic carbocycles. The average molecular weight is 352 g/mol. The minimum atomic E-state index is -0.643. The molecule has 0 atom stereocenters. The Morgan fingerprint density at radius 3 is 2.83 bits per heavy atom. The van der Waals surface area contributed by atoms with E-state index in [0.29, 0.717) is 15.8 Å². The summed E-state index contributed by atoms with van der Waals surface area (Å²) in [4.78, 5) is 27.2. The molecule has 8 heteroatoms. The summed E-state index contributed by atoms with van der Waals surface area (Å²) in [6, 6.07) is 5.35. The van der Waals surface area contributed by atoms with E-state index in [0.717, 1.165) is 17.4 Å². The number of nitrogen functional groups attached to an aromatic ring is 1. The first-order chi connectivity index (χ1) is 10.9. The molecule has 0 unspecified atom stereocenters. The van der Waals surface area contributed by atoms with Crippen molar-refractivity contribution in [1.29, 1.82) is 0 Å². The molecule has 0 radical (unpaired) electrons. The van der Waals surface area contributed by atoms with Gasteiger partial charge in [0.2, 0.25) is 5.56 Å². The Bertz CT molecular complexity index is 996. The molecule has 2 heterocycles. The van der Waals surface area contributed by atoms with Crippen molar-refractivity contribution in [2.24, 2.45) is 0 Å². The van der Waals surface area contributed by atoms with Gasteiger partial charge in [-0.1, -0.05) is 11.6 Å². The molecule has 2 aromatic heterocycles. The molecule has 4 N–H and O–H groups in total. The summed E-state index contributed by atoms with van der Waals surface area (Å²) < 4.78 is 13.8. The fourth-order valence-electron chi connectivity index (χ4n) is 2.28. The Hall–Kier alpha value is -2.38. The van der Waals surface area contributed by atoms with Crippen LogP contribution in [-0.2, 0) is 0 Å². The molecule has 0 aliphatic rings. The number of pyridine rings is 1. The van der Waals surface area contributed by atoms with Gasteiger partial charge < -0.3 is 16.0 Å². The lowest BCUT2D eigenvalue weighted by molar-refractivity contribution is 0.103. The summed E-state index contributed by atoms with van der Waals surface area (Å²) in [6.07, 6.45) is 0. The molecular weight excluding hydrogens is 341 g/mol. The molecule has 5 nitrogen and oxygen atoms in total. The van der Waals surface area contributed by atoms with Gasteiger partial charge in [-0.25, -0.2) is 4.39 Å². The van der Waals surface area contributed by atoms with Crippen molar-refractivity contribution in [3.8, 4) is 0 Å². The zero-order valence-electron chi connectivity index (χ0n) is 11.9. The number of aromatic amines is 1. The molecule has 23 heavy (non-hydrogen) atoms. The number of H-pyrrole nitrogens is 1. The maximum atomic E-state index is 13.8. The highest BCUT2D eigenvalue weighted by molar-refractivity contribution is 7.21. The van der Waals surface area contributed by atoms with Crippen LogP contribution in [0.2, 0.25) is 5.02 Å². The van der Waals surface area contributed by atoms with E-state index >= 15 is 0 Å². The number of aromatic nitrogens is 1. The standard InChI is InChI=1S/C15H11ClFN3O2S/c1-6-4-10(21)20-15-11(6)12(18)13(23-15)14(22)19-9-3-2-7(16)5-8(9)17/h2-5H,18H2,1H3,(H,19,22)(H,20,21). The van der Waals surface area contributed by atoms with E-state index in [9.17, 15) is 14.0 Å². The topological polar surface area (TPSA) is 88.0 Å². The number of aryl methyl sites for hydroxylation is 1. The Labute approximate surface area is 138 Å². The number of rotatable bonds is 2. The smallest absolute Gasteiger partial charge is 0.268 e. The molecule has 0 aliphatic carbocycles. The summed E-state index contributed by atoms with van der Waals surface area (Å²) in [7, 11) is 0. The van der Waals surface area contributed by atoms with Gasteiger partial charge in [0.05, 0.1) is 11.4 Å². The molecule has 1 amide bonds. The second-order valence-corrected chi connectivity index (χ2v) is 6.40. The van der Waals surface area contributed by atoms with Gasteiger partial charge in [-0.2, -0.15) is 0 Å². The van der Waals surface area contributed by atoms with E-state index in [1.807, 2.05) is 0 Å². The summed E-state index contributed by atoms with van der Waals surface area (Å²) >= 11 is 6.72. The normalized spacial score (nSPS) is 10.9. The largest absolute Gasteiger partial charge is 0.397 e. The van der Waals surface area contributed by atoms with Gasteiger partial charge in [-0.15, -0.1) is 11.3 Å². The predicted octanol–water partition coefficient (Wildman–Crippen LogP) is 3.53. The van der Waals surface area contributed by atoms with Crippen LogP contribution in [0.4, 0.5) is 15.8 Å². The third kappa shape index (κ3) is 2.80. The molecule has 0 saturated heterocycles. The van der Waals surface area contributed by atoms with Crippen LogP contribution in [0.1, 0.15) is 15.2 Å². The Balaban J connectivity index is 2.03. The number of thiophene rings is 1. The lowest BCUT2D eigenvalue weighted by Gasteiger charge is -2.06. The highest BCUT2D eigenvalue weighted by atomic mass is 35.5. The van der Waals surface area contributed by atoms with Crippen molar-refractivity contribution >= 4 is 50.4 Å². The number of benzene rings is 1. The molecular formula is C15H11ClFN3O2S. The van der Waals surface area contributed by atoms with Crippen molar-refractivity contribution < 1.29 is 9.18 Å². The lowest BCUT2D eigenvalue weighted by Crippen LogP contribution is -2.13. The van der Waals surface area contributed by atoms with Gasteiger partial charge in [-0.3, -0.25) is 9.59 Å². The molecule has 3 rings (SSSR count). The number of nitrogens with one attached hydrogen (secondary N) is 2. The van der Waals surface area contributed by atoms with Crippen molar-refractivity contribution in [2.45, 2.75) is 6.92 Å². The average Bonchev–Trinajstić information content (AvgIpc) is 2.79. The van der Waals surface area contributed by atoms with Gasteiger partial charge in [0.15, 0.2) is 0 Å². The number of carbonyl (C=O) groups is 1. The summed E-state index contributed by atoms with van der Waals surface area (Å²) in [5.74, 6) is -1.19. The first-order valence-corrected chi connectivity index (χ1v) is 7.74. The molecule has 0 bridgehead atoms. The molecule has 0 fully saturated rings. The van der Waals surface area contributed by atoms with Crippen molar-refractivity contribution in [3.05, 3.63) is 55.9 Å². The first kappa shape index (κ1) is 15.5. The van der Waals surface area contributed by atoms with E-state index in [4.69, 9.17) is 17.3 Å². The van der Waals surface area contributed by atoms with E-state index in [-0.39, 0.29) is 26.8 Å². The highest BCUT2D eigenvalue weighted by Gasteiger charge is 2.19. The Morgan fingerprint density at radius 1 is 1.39 bits per heavy atom. The Morgan fingerprint density at radius 2 is 2.13 bits per heavy atom. The van der Waals surface area contributed by atoms with Crippen molar-refractivity contribution in [2.75, 3.05) is 11.1 Å². The zero-order chi connectivity index (χ0) is 16.7. The van der Waals surface area contributed by atoms with Crippen LogP contribution in [0.3, 0.4) is 0 Å². The third-order valence-electron chi connectivity index (χ3n) is 3.31. The number of nitrogens with two attached hydrogens (primary N) is 1. The van der Waals surface area contributed by atoms with Crippen LogP contribution >= 0.6 is 22.9 Å². The van der Waals surface area contributed by atoms with Crippen molar-refractivity contribution in [1.82, 2.24) is 4.98 Å². The van der Waals surface area contributed by atoms with Crippen LogP contribution in [0.5, 0.6) is 0 Å². The maximum absolute atomic E-state index is 13.8. The number of hydrogen-bond acceptors (Lipinski definition) is 4. The number of anilines is 2. The fourth-order valence-corrected chi connectivity index (χ4v) is 3.52. The summed E-state index contributed by atoms with van der Waals surface area (Å²) in [5, 5.41) is 3.31. The van der Waals surface area contributed by atoms with Crippen LogP contribution in [-0.4, -0.2) is 10.9 Å². The van der Waals surface area contributed by atoms with Crippen LogP contribution in [0.15, 0.2) is 29.1 Å². The highest BCUT2D eigenvalue weighted by Crippen LogP contribution is 2.34. The first-order valence-electron chi connectivity index (χ1n) is 6.55. The molecule has 0 saturated carbocycles. The molecule has 0 aliphatic heterocycles. The number of fused-ring (bicyclic) bond motifs is 1. The van der Waals surface area contributed by atoms with E-state index in [1.165, 1.54) is 18.2 Å². The Kier molecular flexibility index (Phi) is 3.83. The van der Waals surface area contributed by atoms with Crippen LogP contribution in [0.25, 0.3) is 10.2 Å². The molecule has 0 spiro atoms. The predicted molar refractivity (Wildman–Crippen MR) is 91.0 cm³/mol. The summed E-state index contributed by atoms with van der Waals surface area (Å²) in [6.45, 7) is 1.74. The second kappa shape index (κ2) is 5.68. The van der Waals surface area contributed by atoms with E-state index in [2.05, 4.69) is 10.3 Å². The van der Waals surface area contributed by atoms with Crippen LogP contribution < -0.4 is 16.6 Å². The van der Waals surface area contributed by atoms with Gasteiger partial charge in [0.25, 0.3) is 5.91 Å². The second-order valence-electron chi connectivity index (χ2n) is 4.94. The van der Waals surface area contributed by atoms with Gasteiger partial charge in [0.1, 0.15) is 15.5 Å². The lowest BCUT2D eigenvalue weighted by atomic mass is 10.1. The monoisotopic (exact) mass is 351 g/mol. The van der Waals surface area contributed by atoms with Gasteiger partial charge in [0, 0.05) is 16.5 Å². The number of halogens is 2.